The third kappa shape index (κ3) is 3.17. The number of fused-ring (bicyclic) bond motifs is 1. The van der Waals surface area contributed by atoms with E-state index in [2.05, 4.69) is 0 Å². The van der Waals surface area contributed by atoms with Crippen molar-refractivity contribution in [2.45, 2.75) is 11.7 Å². The highest BCUT2D eigenvalue weighted by atomic mass is 35.5. The average Bonchev–Trinajstić information content (AvgIpc) is 3.02. The average molecular weight is 465 g/mol. The molecule has 0 fully saturated rings. The summed E-state index contributed by atoms with van der Waals surface area (Å²) in [5, 5.41) is 3.85. The molecule has 2 heterocycles. The molecule has 3 aromatic rings. The molecule has 164 valence electrons. The number of alkyl halides is 3. The van der Waals surface area contributed by atoms with Crippen LogP contribution in [0.15, 0.2) is 64.2 Å². The van der Waals surface area contributed by atoms with Crippen LogP contribution in [0.3, 0.4) is 0 Å². The molecule has 2 aromatic carbocycles. The second-order valence-electron chi connectivity index (χ2n) is 6.82. The predicted octanol–water partition coefficient (Wildman–Crippen LogP) is 2.32. The number of amides is 2. The maximum atomic E-state index is 14.4. The number of nitrogens with one attached hydrogen (secondary N) is 3. The summed E-state index contributed by atoms with van der Waals surface area (Å²) in [6.45, 7) is 0. The van der Waals surface area contributed by atoms with Gasteiger partial charge in [-0.2, -0.15) is 13.2 Å². The SMILES string of the molecule is O=C(NC1(C(F)(F)F)C(=O)Nc2c1c(=O)[nH]c(=O)n2-c1ccccc1)c1ccc(Cl)cc1. The van der Waals surface area contributed by atoms with E-state index < -0.39 is 46.2 Å². The lowest BCUT2D eigenvalue weighted by Gasteiger charge is -2.30. The summed E-state index contributed by atoms with van der Waals surface area (Å²) in [7, 11) is 0. The van der Waals surface area contributed by atoms with Crippen LogP contribution in [0, 0.1) is 0 Å². The molecule has 0 aliphatic carbocycles. The number of hydrogen-bond donors (Lipinski definition) is 3. The number of halogens is 4. The van der Waals surface area contributed by atoms with Crippen LogP contribution in [0.5, 0.6) is 0 Å². The number of rotatable bonds is 3. The number of aromatic amines is 1. The fraction of sp³-hybridized carbons (Fsp3) is 0.100. The molecule has 1 atom stereocenters. The van der Waals surface area contributed by atoms with E-state index in [1.165, 1.54) is 36.4 Å². The molecule has 1 unspecified atom stereocenters. The van der Waals surface area contributed by atoms with Crippen molar-refractivity contribution in [3.63, 3.8) is 0 Å². The van der Waals surface area contributed by atoms with E-state index in [0.29, 0.717) is 0 Å². The first-order chi connectivity index (χ1) is 15.1. The van der Waals surface area contributed by atoms with E-state index in [-0.39, 0.29) is 16.3 Å². The number of nitrogens with zero attached hydrogens (tertiary/aromatic N) is 1. The molecule has 1 aromatic heterocycles. The molecule has 0 radical (unpaired) electrons. The lowest BCUT2D eigenvalue weighted by molar-refractivity contribution is -0.196. The van der Waals surface area contributed by atoms with Crippen LogP contribution < -0.4 is 21.9 Å². The molecule has 1 aliphatic heterocycles. The van der Waals surface area contributed by atoms with Crippen LogP contribution in [-0.4, -0.2) is 27.5 Å². The lowest BCUT2D eigenvalue weighted by atomic mass is 9.91. The van der Waals surface area contributed by atoms with Crippen molar-refractivity contribution in [2.24, 2.45) is 0 Å². The second-order valence-corrected chi connectivity index (χ2v) is 7.25. The Labute approximate surface area is 181 Å². The molecule has 12 heteroatoms. The highest BCUT2D eigenvalue weighted by Crippen LogP contribution is 2.45. The number of para-hydroxylation sites is 1. The molecule has 0 spiro atoms. The van der Waals surface area contributed by atoms with E-state index >= 15 is 0 Å². The van der Waals surface area contributed by atoms with E-state index in [9.17, 15) is 32.3 Å². The second kappa shape index (κ2) is 7.38. The molecule has 4 rings (SSSR count). The summed E-state index contributed by atoms with van der Waals surface area (Å²) in [5.41, 5.74) is -7.57. The highest BCUT2D eigenvalue weighted by molar-refractivity contribution is 6.30. The Bertz CT molecular complexity index is 1350. The van der Waals surface area contributed by atoms with Gasteiger partial charge in [-0.05, 0) is 36.4 Å². The summed E-state index contributed by atoms with van der Waals surface area (Å²) >= 11 is 5.73. The molecule has 32 heavy (non-hydrogen) atoms. The Hall–Kier alpha value is -3.86. The number of H-pyrrole nitrogens is 1. The molecular weight excluding hydrogens is 453 g/mol. The van der Waals surface area contributed by atoms with Crippen molar-refractivity contribution in [1.82, 2.24) is 14.9 Å². The molecule has 0 saturated heterocycles. The number of carbonyl (C=O) groups excluding carboxylic acids is 2. The Balaban J connectivity index is 1.96. The lowest BCUT2D eigenvalue weighted by Crippen LogP contribution is -2.62. The van der Waals surface area contributed by atoms with Crippen molar-refractivity contribution < 1.29 is 22.8 Å². The molecular formula is C20H12ClF3N4O4. The largest absolute Gasteiger partial charge is 0.425 e. The van der Waals surface area contributed by atoms with E-state index in [1.807, 2.05) is 5.32 Å². The first kappa shape index (κ1) is 21.4. The molecule has 0 saturated carbocycles. The Morgan fingerprint density at radius 1 is 1.00 bits per heavy atom. The summed E-state index contributed by atoms with van der Waals surface area (Å²) in [6, 6.07) is 12.3. The third-order valence-corrected chi connectivity index (χ3v) is 5.16. The molecule has 2 amide bonds. The minimum Gasteiger partial charge on any atom is -0.326 e. The maximum absolute atomic E-state index is 14.4. The topological polar surface area (TPSA) is 113 Å². The van der Waals surface area contributed by atoms with Crippen LogP contribution >= 0.6 is 11.6 Å². The summed E-state index contributed by atoms with van der Waals surface area (Å²) in [4.78, 5) is 52.1. The van der Waals surface area contributed by atoms with Crippen LogP contribution in [-0.2, 0) is 10.3 Å². The molecule has 8 nitrogen and oxygen atoms in total. The quantitative estimate of drug-likeness (QED) is 0.552. The monoisotopic (exact) mass is 464 g/mol. The molecule has 0 bridgehead atoms. The first-order valence-corrected chi connectivity index (χ1v) is 9.35. The number of anilines is 1. The van der Waals surface area contributed by atoms with Crippen LogP contribution in [0.1, 0.15) is 15.9 Å². The van der Waals surface area contributed by atoms with Gasteiger partial charge in [-0.3, -0.25) is 19.4 Å². The standard InChI is InChI=1S/C20H12ClF3N4O4/c21-11-8-6-10(7-9-11)15(29)27-19(20(22,23)24)13-14(25-17(19)31)28(18(32)26-16(13)30)12-4-2-1-3-5-12/h1-9H,(H,25,31)(H,27,29)(H,26,30,32). The zero-order valence-electron chi connectivity index (χ0n) is 15.8. The maximum Gasteiger partial charge on any atom is 0.425 e. The van der Waals surface area contributed by atoms with Crippen molar-refractivity contribution in [2.75, 3.05) is 5.32 Å². The van der Waals surface area contributed by atoms with Crippen molar-refractivity contribution >= 4 is 29.2 Å². The zero-order chi connectivity index (χ0) is 23.3. The molecule has 1 aliphatic rings. The van der Waals surface area contributed by atoms with Gasteiger partial charge < -0.3 is 10.6 Å². The smallest absolute Gasteiger partial charge is 0.326 e. The fourth-order valence-corrected chi connectivity index (χ4v) is 3.57. The van der Waals surface area contributed by atoms with Gasteiger partial charge >= 0.3 is 11.9 Å². The van der Waals surface area contributed by atoms with Gasteiger partial charge in [-0.1, -0.05) is 29.8 Å². The number of hydrogen-bond acceptors (Lipinski definition) is 4. The fourth-order valence-electron chi connectivity index (χ4n) is 3.45. The summed E-state index contributed by atoms with van der Waals surface area (Å²) in [6.07, 6.45) is -5.43. The van der Waals surface area contributed by atoms with Gasteiger partial charge in [0.25, 0.3) is 22.9 Å². The van der Waals surface area contributed by atoms with E-state index in [0.717, 1.165) is 16.7 Å². The van der Waals surface area contributed by atoms with Crippen molar-refractivity contribution in [1.29, 1.82) is 0 Å². The van der Waals surface area contributed by atoms with Gasteiger partial charge in [0.2, 0.25) is 0 Å². The van der Waals surface area contributed by atoms with Gasteiger partial charge in [0.05, 0.1) is 5.69 Å². The van der Waals surface area contributed by atoms with Gasteiger partial charge in [-0.15, -0.1) is 0 Å². The number of benzene rings is 2. The van der Waals surface area contributed by atoms with Crippen molar-refractivity contribution in [3.05, 3.63) is 91.6 Å². The minimum atomic E-state index is -5.43. The van der Waals surface area contributed by atoms with Crippen LogP contribution in [0.4, 0.5) is 19.0 Å². The Morgan fingerprint density at radius 2 is 1.62 bits per heavy atom. The predicted molar refractivity (Wildman–Crippen MR) is 108 cm³/mol. The first-order valence-electron chi connectivity index (χ1n) is 8.98. The van der Waals surface area contributed by atoms with E-state index in [4.69, 9.17) is 11.6 Å². The van der Waals surface area contributed by atoms with Gasteiger partial charge in [0, 0.05) is 10.6 Å². The summed E-state index contributed by atoms with van der Waals surface area (Å²) < 4.78 is 43.8. The Kier molecular flexibility index (Phi) is 4.93. The molecule has 3 N–H and O–H groups in total. The normalized spacial score (nSPS) is 17.6. The number of carbonyl (C=O) groups is 2. The van der Waals surface area contributed by atoms with E-state index in [1.54, 1.807) is 16.4 Å². The van der Waals surface area contributed by atoms with Crippen LogP contribution in [0.2, 0.25) is 5.02 Å². The number of aromatic nitrogens is 2. The van der Waals surface area contributed by atoms with Gasteiger partial charge in [-0.25, -0.2) is 9.36 Å². The zero-order valence-corrected chi connectivity index (χ0v) is 16.5. The van der Waals surface area contributed by atoms with Crippen molar-refractivity contribution in [3.8, 4) is 5.69 Å². The van der Waals surface area contributed by atoms with Crippen LogP contribution in [0.25, 0.3) is 5.69 Å². The Morgan fingerprint density at radius 3 is 2.22 bits per heavy atom. The summed E-state index contributed by atoms with van der Waals surface area (Å²) in [5.74, 6) is -3.70. The van der Waals surface area contributed by atoms with Gasteiger partial charge in [0.1, 0.15) is 11.4 Å². The third-order valence-electron chi connectivity index (χ3n) is 4.91. The minimum absolute atomic E-state index is 0.0901. The van der Waals surface area contributed by atoms with Gasteiger partial charge in [0.15, 0.2) is 0 Å². The highest BCUT2D eigenvalue weighted by Gasteiger charge is 2.68.